The number of nitrogens with zero attached hydrogens (tertiary/aromatic N) is 2. The van der Waals surface area contributed by atoms with Gasteiger partial charge in [-0.1, -0.05) is 29.8 Å². The topological polar surface area (TPSA) is 69.9 Å². The second-order valence-corrected chi connectivity index (χ2v) is 5.55. The number of carbonyl (C=O) groups is 1. The van der Waals surface area contributed by atoms with Gasteiger partial charge < -0.3 is 20.0 Å². The van der Waals surface area contributed by atoms with E-state index < -0.39 is 0 Å². The van der Waals surface area contributed by atoms with Crippen LogP contribution in [0.25, 0.3) is 0 Å². The van der Waals surface area contributed by atoms with Crippen LogP contribution in [-0.4, -0.2) is 44.0 Å². The number of halogens is 1. The van der Waals surface area contributed by atoms with Crippen molar-refractivity contribution in [3.63, 3.8) is 0 Å². The number of nitrogens with one attached hydrogen (secondary N) is 2. The molecule has 0 unspecified atom stereocenters. The molecule has 0 aliphatic rings. The number of furan rings is 1. The summed E-state index contributed by atoms with van der Waals surface area (Å²) in [6.45, 7) is 3.90. The number of aliphatic imine (C=N–C) groups is 1. The highest BCUT2D eigenvalue weighted by Gasteiger charge is 2.08. The van der Waals surface area contributed by atoms with E-state index >= 15 is 0 Å². The van der Waals surface area contributed by atoms with Crippen LogP contribution >= 0.6 is 24.0 Å². The third-order valence-corrected chi connectivity index (χ3v) is 3.55. The summed E-state index contributed by atoms with van der Waals surface area (Å²) in [4.78, 5) is 18.1. The van der Waals surface area contributed by atoms with E-state index in [0.29, 0.717) is 18.8 Å². The third kappa shape index (κ3) is 6.77. The van der Waals surface area contributed by atoms with Crippen LogP contribution in [0.3, 0.4) is 0 Å². The van der Waals surface area contributed by atoms with Crippen LogP contribution in [0.15, 0.2) is 52.1 Å². The lowest BCUT2D eigenvalue weighted by atomic mass is 10.1. The van der Waals surface area contributed by atoms with Crippen LogP contribution in [0.1, 0.15) is 21.7 Å². The molecule has 1 amide bonds. The van der Waals surface area contributed by atoms with Gasteiger partial charge in [0.15, 0.2) is 11.7 Å². The van der Waals surface area contributed by atoms with Crippen LogP contribution in [0.5, 0.6) is 0 Å². The molecule has 0 aliphatic carbocycles. The molecule has 0 fully saturated rings. The van der Waals surface area contributed by atoms with E-state index in [4.69, 9.17) is 4.42 Å². The third-order valence-electron chi connectivity index (χ3n) is 3.55. The van der Waals surface area contributed by atoms with Gasteiger partial charge in [-0.2, -0.15) is 0 Å². The average Bonchev–Trinajstić information content (AvgIpc) is 3.11. The number of amides is 1. The molecule has 2 aromatic rings. The first kappa shape index (κ1) is 21.0. The summed E-state index contributed by atoms with van der Waals surface area (Å²) in [7, 11) is 3.73. The lowest BCUT2D eigenvalue weighted by Gasteiger charge is -2.22. The Morgan fingerprint density at radius 3 is 2.44 bits per heavy atom. The van der Waals surface area contributed by atoms with Crippen molar-refractivity contribution < 1.29 is 9.21 Å². The monoisotopic (exact) mass is 456 g/mol. The molecule has 0 atom stereocenters. The van der Waals surface area contributed by atoms with Crippen molar-refractivity contribution in [1.29, 1.82) is 0 Å². The average molecular weight is 456 g/mol. The van der Waals surface area contributed by atoms with Crippen LogP contribution in [0, 0.1) is 6.92 Å². The molecule has 1 heterocycles. The first-order valence-electron chi connectivity index (χ1n) is 7.89. The summed E-state index contributed by atoms with van der Waals surface area (Å²) in [5, 5.41) is 6.02. The fourth-order valence-corrected chi connectivity index (χ4v) is 2.27. The number of benzene rings is 1. The highest BCUT2D eigenvalue weighted by Crippen LogP contribution is 2.06. The minimum Gasteiger partial charge on any atom is -0.459 e. The summed E-state index contributed by atoms with van der Waals surface area (Å²) >= 11 is 0. The van der Waals surface area contributed by atoms with Crippen molar-refractivity contribution in [2.24, 2.45) is 4.99 Å². The number of hydrogen-bond donors (Lipinski definition) is 2. The molecule has 0 spiro atoms. The van der Waals surface area contributed by atoms with Crippen LogP contribution in [0.4, 0.5) is 0 Å². The van der Waals surface area contributed by atoms with Gasteiger partial charge in [0.25, 0.3) is 5.91 Å². The summed E-state index contributed by atoms with van der Waals surface area (Å²) in [6.07, 6.45) is 1.48. The molecule has 0 saturated carbocycles. The molecule has 0 saturated heterocycles. The Kier molecular flexibility index (Phi) is 9.04. The number of guanidine groups is 1. The summed E-state index contributed by atoms with van der Waals surface area (Å²) in [6, 6.07) is 11.8. The van der Waals surface area contributed by atoms with Gasteiger partial charge in [0, 0.05) is 33.7 Å². The van der Waals surface area contributed by atoms with Crippen LogP contribution in [-0.2, 0) is 6.54 Å². The second-order valence-electron chi connectivity index (χ2n) is 5.55. The molecule has 0 radical (unpaired) electrons. The molecular weight excluding hydrogens is 431 g/mol. The second kappa shape index (κ2) is 10.8. The Morgan fingerprint density at radius 1 is 1.16 bits per heavy atom. The van der Waals surface area contributed by atoms with Crippen LogP contribution in [0.2, 0.25) is 0 Å². The quantitative estimate of drug-likeness (QED) is 0.304. The molecule has 6 nitrogen and oxygen atoms in total. The minimum absolute atomic E-state index is 0. The molecular formula is C18H25IN4O2. The molecule has 7 heteroatoms. The zero-order valence-electron chi connectivity index (χ0n) is 14.8. The lowest BCUT2D eigenvalue weighted by molar-refractivity contribution is 0.0926. The summed E-state index contributed by atoms with van der Waals surface area (Å²) in [5.74, 6) is 0.878. The Bertz CT molecular complexity index is 669. The number of rotatable bonds is 6. The Balaban J connectivity index is 0.00000312. The van der Waals surface area contributed by atoms with E-state index in [1.165, 1.54) is 17.4 Å². The van der Waals surface area contributed by atoms with E-state index in [1.807, 2.05) is 11.9 Å². The molecule has 25 heavy (non-hydrogen) atoms. The van der Waals surface area contributed by atoms with Gasteiger partial charge in [0.05, 0.1) is 6.26 Å². The highest BCUT2D eigenvalue weighted by atomic mass is 127. The Morgan fingerprint density at radius 2 is 1.84 bits per heavy atom. The molecule has 2 rings (SSSR count). The number of carbonyl (C=O) groups excluding carboxylic acids is 1. The standard InChI is InChI=1S/C18H24N4O2.HI/c1-14-6-8-15(9-7-14)13-22(3)18(19-2)21-11-10-20-17(23)16-5-4-12-24-16;/h4-9,12H,10-11,13H2,1-3H3,(H,19,21)(H,20,23);1H. The zero-order chi connectivity index (χ0) is 17.4. The van der Waals surface area contributed by atoms with Gasteiger partial charge in [-0.15, -0.1) is 24.0 Å². The number of aryl methyl sites for hydroxylation is 1. The van der Waals surface area contributed by atoms with Gasteiger partial charge in [0.1, 0.15) is 0 Å². The normalized spacial score (nSPS) is 10.8. The molecule has 0 bridgehead atoms. The minimum atomic E-state index is -0.218. The van der Waals surface area contributed by atoms with Gasteiger partial charge in [0.2, 0.25) is 0 Å². The Hall–Kier alpha value is -2.03. The predicted octanol–water partition coefficient (Wildman–Crippen LogP) is 2.64. The smallest absolute Gasteiger partial charge is 0.287 e. The number of hydrogen-bond acceptors (Lipinski definition) is 3. The fraction of sp³-hybridized carbons (Fsp3) is 0.333. The zero-order valence-corrected chi connectivity index (χ0v) is 17.1. The molecule has 136 valence electrons. The molecule has 1 aromatic heterocycles. The van der Waals surface area contributed by atoms with E-state index in [1.54, 1.807) is 19.2 Å². The van der Waals surface area contributed by atoms with Gasteiger partial charge in [-0.05, 0) is 24.6 Å². The summed E-state index contributed by atoms with van der Waals surface area (Å²) < 4.78 is 5.04. The predicted molar refractivity (Wildman–Crippen MR) is 110 cm³/mol. The van der Waals surface area contributed by atoms with E-state index in [-0.39, 0.29) is 29.9 Å². The summed E-state index contributed by atoms with van der Waals surface area (Å²) in [5.41, 5.74) is 2.47. The van der Waals surface area contributed by atoms with Crippen molar-refractivity contribution >= 4 is 35.8 Å². The maximum absolute atomic E-state index is 11.7. The van der Waals surface area contributed by atoms with Crippen molar-refractivity contribution in [3.8, 4) is 0 Å². The molecule has 0 aliphatic heterocycles. The van der Waals surface area contributed by atoms with Gasteiger partial charge in [-0.3, -0.25) is 9.79 Å². The van der Waals surface area contributed by atoms with Gasteiger partial charge in [-0.25, -0.2) is 0 Å². The van der Waals surface area contributed by atoms with Crippen molar-refractivity contribution in [2.75, 3.05) is 27.2 Å². The van der Waals surface area contributed by atoms with Crippen molar-refractivity contribution in [1.82, 2.24) is 15.5 Å². The fourth-order valence-electron chi connectivity index (χ4n) is 2.27. The molecule has 1 aromatic carbocycles. The lowest BCUT2D eigenvalue weighted by Crippen LogP contribution is -2.42. The Labute approximate surface area is 165 Å². The largest absolute Gasteiger partial charge is 0.459 e. The SMILES string of the molecule is CN=C(NCCNC(=O)c1ccco1)N(C)Cc1ccc(C)cc1.I. The van der Waals surface area contributed by atoms with Crippen molar-refractivity contribution in [3.05, 3.63) is 59.5 Å². The van der Waals surface area contributed by atoms with Crippen molar-refractivity contribution in [2.45, 2.75) is 13.5 Å². The molecule has 2 N–H and O–H groups in total. The first-order valence-corrected chi connectivity index (χ1v) is 7.89. The van der Waals surface area contributed by atoms with E-state index in [9.17, 15) is 4.79 Å². The van der Waals surface area contributed by atoms with Crippen LogP contribution < -0.4 is 10.6 Å². The van der Waals surface area contributed by atoms with E-state index in [0.717, 1.165) is 12.5 Å². The highest BCUT2D eigenvalue weighted by molar-refractivity contribution is 14.0. The maximum Gasteiger partial charge on any atom is 0.287 e. The first-order chi connectivity index (χ1) is 11.6. The maximum atomic E-state index is 11.7. The van der Waals surface area contributed by atoms with E-state index in [2.05, 4.69) is 46.8 Å². The van der Waals surface area contributed by atoms with Gasteiger partial charge >= 0.3 is 0 Å².